The first-order valence-corrected chi connectivity index (χ1v) is 7.44. The van der Waals surface area contributed by atoms with Crippen LogP contribution in [0.5, 0.6) is 0 Å². The molecule has 0 saturated carbocycles. The van der Waals surface area contributed by atoms with Gasteiger partial charge < -0.3 is 4.42 Å². The number of nitrogens with zero attached hydrogens (tertiary/aromatic N) is 1. The first-order valence-electron chi connectivity index (χ1n) is 5.81. The molecule has 0 spiro atoms. The van der Waals surface area contributed by atoms with Crippen LogP contribution in [0.3, 0.4) is 0 Å². The van der Waals surface area contributed by atoms with Crippen molar-refractivity contribution in [3.05, 3.63) is 62.1 Å². The maximum atomic E-state index is 5.37. The van der Waals surface area contributed by atoms with E-state index >= 15 is 0 Å². The van der Waals surface area contributed by atoms with Crippen molar-refractivity contribution in [2.75, 3.05) is 0 Å². The molecule has 0 amide bonds. The third-order valence-electron chi connectivity index (χ3n) is 2.66. The van der Waals surface area contributed by atoms with Crippen LogP contribution in [0.15, 0.2) is 41.1 Å². The van der Waals surface area contributed by atoms with Crippen molar-refractivity contribution in [3.63, 3.8) is 0 Å². The number of hydrogen-bond donors (Lipinski definition) is 0. The number of aromatic nitrogens is 1. The van der Waals surface area contributed by atoms with Gasteiger partial charge in [0.05, 0.1) is 11.3 Å². The lowest BCUT2D eigenvalue weighted by atomic mass is 10.2. The summed E-state index contributed by atoms with van der Waals surface area (Å²) in [5.41, 5.74) is 0. The second-order valence-corrected chi connectivity index (χ2v) is 6.72. The maximum absolute atomic E-state index is 5.37. The third kappa shape index (κ3) is 2.71. The fraction of sp³-hybridized carbons (Fsp3) is 0.214. The van der Waals surface area contributed by atoms with Crippen LogP contribution < -0.4 is 0 Å². The molecule has 0 atom stereocenters. The lowest BCUT2D eigenvalue weighted by Gasteiger charge is -1.93. The highest BCUT2D eigenvalue weighted by Gasteiger charge is 2.05. The molecule has 18 heavy (non-hydrogen) atoms. The molecule has 0 aromatic carbocycles. The Balaban J connectivity index is 1.69. The van der Waals surface area contributed by atoms with Crippen LogP contribution in [0.1, 0.15) is 25.4 Å². The van der Waals surface area contributed by atoms with Crippen LogP contribution in [-0.2, 0) is 12.8 Å². The number of hydrogen-bond acceptors (Lipinski definition) is 4. The van der Waals surface area contributed by atoms with Gasteiger partial charge in [-0.15, -0.1) is 22.7 Å². The molecule has 0 bridgehead atoms. The predicted molar refractivity (Wildman–Crippen MR) is 75.5 cm³/mol. The van der Waals surface area contributed by atoms with E-state index in [0.717, 1.165) is 23.6 Å². The van der Waals surface area contributed by atoms with Crippen molar-refractivity contribution in [2.45, 2.75) is 19.8 Å². The molecule has 0 saturated heterocycles. The van der Waals surface area contributed by atoms with Crippen molar-refractivity contribution in [1.29, 1.82) is 0 Å². The summed E-state index contributed by atoms with van der Waals surface area (Å²) < 4.78 is 5.37. The minimum absolute atomic E-state index is 0.888. The third-order valence-corrected chi connectivity index (χ3v) is 4.66. The number of rotatable bonds is 4. The number of aryl methyl sites for hydroxylation is 1. The second kappa shape index (κ2) is 5.08. The van der Waals surface area contributed by atoms with Crippen molar-refractivity contribution < 1.29 is 4.42 Å². The molecule has 0 N–H and O–H groups in total. The van der Waals surface area contributed by atoms with E-state index in [9.17, 15) is 0 Å². The Hall–Kier alpha value is -1.39. The van der Waals surface area contributed by atoms with Crippen LogP contribution in [0.2, 0.25) is 0 Å². The molecule has 3 heterocycles. The van der Waals surface area contributed by atoms with E-state index in [1.54, 1.807) is 17.6 Å². The van der Waals surface area contributed by atoms with Crippen molar-refractivity contribution >= 4 is 22.7 Å². The van der Waals surface area contributed by atoms with Crippen LogP contribution >= 0.6 is 22.7 Å². The average molecular weight is 275 g/mol. The summed E-state index contributed by atoms with van der Waals surface area (Å²) in [7, 11) is 0. The van der Waals surface area contributed by atoms with Gasteiger partial charge in [-0.05, 0) is 31.2 Å². The zero-order chi connectivity index (χ0) is 12.4. The largest absolute Gasteiger partial charge is 0.469 e. The van der Waals surface area contributed by atoms with Crippen LogP contribution in [-0.4, -0.2) is 4.98 Å². The molecule has 0 radical (unpaired) electrons. The Morgan fingerprint density at radius 1 is 1.06 bits per heavy atom. The minimum Gasteiger partial charge on any atom is -0.469 e. The summed E-state index contributed by atoms with van der Waals surface area (Å²) in [6.45, 7) is 2.05. The molecule has 4 heteroatoms. The molecule has 0 unspecified atom stereocenters. The topological polar surface area (TPSA) is 26.0 Å². The SMILES string of the molecule is Cc1ncc(Cc2ccc(Cc3ccco3)s2)s1. The van der Waals surface area contributed by atoms with Gasteiger partial charge in [-0.1, -0.05) is 0 Å². The second-order valence-electron chi connectivity index (χ2n) is 4.15. The van der Waals surface area contributed by atoms with E-state index in [-0.39, 0.29) is 0 Å². The van der Waals surface area contributed by atoms with Gasteiger partial charge in [-0.25, -0.2) is 4.98 Å². The standard InChI is InChI=1S/C14H13NOS2/c1-10-15-9-14(17-10)8-13-5-4-12(18-13)7-11-3-2-6-16-11/h2-6,9H,7-8H2,1H3. The van der Waals surface area contributed by atoms with Gasteiger partial charge in [0.25, 0.3) is 0 Å². The van der Waals surface area contributed by atoms with E-state index in [4.69, 9.17) is 4.42 Å². The van der Waals surface area contributed by atoms with Crippen molar-refractivity contribution in [1.82, 2.24) is 4.98 Å². The lowest BCUT2D eigenvalue weighted by molar-refractivity contribution is 0.522. The predicted octanol–water partition coefficient (Wildman–Crippen LogP) is 4.29. The lowest BCUT2D eigenvalue weighted by Crippen LogP contribution is -1.79. The Morgan fingerprint density at radius 3 is 2.56 bits per heavy atom. The molecule has 3 aromatic heterocycles. The van der Waals surface area contributed by atoms with E-state index in [2.05, 4.69) is 17.1 Å². The van der Waals surface area contributed by atoms with Gasteiger partial charge in [0.2, 0.25) is 0 Å². The highest BCUT2D eigenvalue weighted by molar-refractivity contribution is 7.13. The highest BCUT2D eigenvalue weighted by atomic mass is 32.1. The quantitative estimate of drug-likeness (QED) is 0.710. The van der Waals surface area contributed by atoms with E-state index in [1.807, 2.05) is 36.6 Å². The summed E-state index contributed by atoms with van der Waals surface area (Å²) in [5.74, 6) is 1.03. The molecular formula is C14H13NOS2. The Kier molecular flexibility index (Phi) is 3.30. The first-order chi connectivity index (χ1) is 8.79. The highest BCUT2D eigenvalue weighted by Crippen LogP contribution is 2.24. The smallest absolute Gasteiger partial charge is 0.108 e. The number of furan rings is 1. The van der Waals surface area contributed by atoms with Gasteiger partial charge in [0.1, 0.15) is 5.76 Å². The molecule has 2 nitrogen and oxygen atoms in total. The summed E-state index contributed by atoms with van der Waals surface area (Å²) in [6.07, 6.45) is 5.59. The van der Waals surface area contributed by atoms with Crippen LogP contribution in [0.4, 0.5) is 0 Å². The molecule has 0 aliphatic rings. The fourth-order valence-corrected chi connectivity index (χ4v) is 3.82. The van der Waals surface area contributed by atoms with Crippen molar-refractivity contribution in [3.8, 4) is 0 Å². The van der Waals surface area contributed by atoms with E-state index in [0.29, 0.717) is 0 Å². The van der Waals surface area contributed by atoms with Crippen molar-refractivity contribution in [2.24, 2.45) is 0 Å². The minimum atomic E-state index is 0.888. The van der Waals surface area contributed by atoms with Crippen LogP contribution in [0.25, 0.3) is 0 Å². The van der Waals surface area contributed by atoms with E-state index < -0.39 is 0 Å². The molecular weight excluding hydrogens is 262 g/mol. The summed E-state index contributed by atoms with van der Waals surface area (Å²) >= 11 is 3.63. The molecule has 3 aromatic rings. The van der Waals surface area contributed by atoms with Gasteiger partial charge >= 0.3 is 0 Å². The van der Waals surface area contributed by atoms with Gasteiger partial charge in [-0.2, -0.15) is 0 Å². The summed E-state index contributed by atoms with van der Waals surface area (Å²) in [5, 5.41) is 1.14. The first kappa shape index (κ1) is 11.7. The normalized spacial score (nSPS) is 10.9. The maximum Gasteiger partial charge on any atom is 0.108 e. The summed E-state index contributed by atoms with van der Waals surface area (Å²) in [4.78, 5) is 8.36. The number of thiophene rings is 1. The molecule has 0 aliphatic carbocycles. The Labute approximate surface area is 114 Å². The van der Waals surface area contributed by atoms with Gasteiger partial charge in [0.15, 0.2) is 0 Å². The monoisotopic (exact) mass is 275 g/mol. The Morgan fingerprint density at radius 2 is 1.89 bits per heavy atom. The molecule has 0 aliphatic heterocycles. The molecule has 3 rings (SSSR count). The van der Waals surface area contributed by atoms with Gasteiger partial charge in [-0.3, -0.25) is 0 Å². The van der Waals surface area contributed by atoms with Crippen LogP contribution in [0, 0.1) is 6.92 Å². The molecule has 92 valence electrons. The average Bonchev–Trinajstić information content (AvgIpc) is 3.04. The van der Waals surface area contributed by atoms with Gasteiger partial charge in [0, 0.05) is 33.7 Å². The molecule has 0 fully saturated rings. The Bertz CT molecular complexity index is 622. The summed E-state index contributed by atoms with van der Waals surface area (Å²) in [6, 6.07) is 8.35. The fourth-order valence-electron chi connectivity index (χ4n) is 1.86. The van der Waals surface area contributed by atoms with E-state index in [1.165, 1.54) is 14.6 Å². The number of thiazole rings is 1. The zero-order valence-electron chi connectivity index (χ0n) is 10.1. The zero-order valence-corrected chi connectivity index (χ0v) is 11.7.